The van der Waals surface area contributed by atoms with Gasteiger partial charge in [0.1, 0.15) is 0 Å². The van der Waals surface area contributed by atoms with Crippen LogP contribution in [0.15, 0.2) is 65.7 Å². The molecule has 0 aliphatic carbocycles. The molecule has 3 rings (SSSR count). The van der Waals surface area contributed by atoms with E-state index in [4.69, 9.17) is 0 Å². The maximum atomic E-state index is 12.2. The summed E-state index contributed by atoms with van der Waals surface area (Å²) in [5.41, 5.74) is 5.70. The molecule has 5 heteroatoms. The Labute approximate surface area is 165 Å². The van der Waals surface area contributed by atoms with Crippen LogP contribution in [0.5, 0.6) is 0 Å². The van der Waals surface area contributed by atoms with Gasteiger partial charge in [0, 0.05) is 29.0 Å². The summed E-state index contributed by atoms with van der Waals surface area (Å²) in [4.78, 5) is 13.4. The van der Waals surface area contributed by atoms with Crippen LogP contribution in [0.4, 0.5) is 10.5 Å². The second-order valence-corrected chi connectivity index (χ2v) is 7.48. The first-order chi connectivity index (χ1) is 13.0. The molecule has 1 heterocycles. The third-order valence-electron chi connectivity index (χ3n) is 4.53. The Balaban J connectivity index is 1.61. The smallest absolute Gasteiger partial charge is 0.319 e. The average Bonchev–Trinajstić information content (AvgIpc) is 3.10. The molecule has 0 spiro atoms. The lowest BCUT2D eigenvalue weighted by Gasteiger charge is -2.13. The average molecular weight is 380 g/mol. The standard InChI is InChI=1S/C22H25N3OS/c1-16-9-10-17(2)18(12-16)15-25-11-5-7-20(25)14-23-22(26)24-19-6-4-8-21(13-19)27-3/h4-13H,14-15H2,1-3H3,(H2,23,24,26). The van der Waals surface area contributed by atoms with Crippen molar-refractivity contribution < 1.29 is 4.79 Å². The molecule has 0 atom stereocenters. The van der Waals surface area contributed by atoms with E-state index in [2.05, 4.69) is 53.4 Å². The molecule has 0 aliphatic heterocycles. The first-order valence-corrected chi connectivity index (χ1v) is 10.2. The van der Waals surface area contributed by atoms with Crippen LogP contribution >= 0.6 is 11.8 Å². The molecule has 2 amide bonds. The zero-order valence-electron chi connectivity index (χ0n) is 16.0. The molecule has 140 valence electrons. The molecule has 2 aromatic carbocycles. The molecule has 27 heavy (non-hydrogen) atoms. The molecule has 2 N–H and O–H groups in total. The van der Waals surface area contributed by atoms with E-state index in [1.165, 1.54) is 16.7 Å². The van der Waals surface area contributed by atoms with Crippen LogP contribution in [0.25, 0.3) is 0 Å². The SMILES string of the molecule is CSc1cccc(NC(=O)NCc2cccn2Cc2cc(C)ccc2C)c1. The van der Waals surface area contributed by atoms with E-state index in [-0.39, 0.29) is 6.03 Å². The first kappa shape index (κ1) is 19.1. The highest BCUT2D eigenvalue weighted by atomic mass is 32.2. The Bertz CT molecular complexity index is 933. The fourth-order valence-electron chi connectivity index (χ4n) is 2.97. The fourth-order valence-corrected chi connectivity index (χ4v) is 3.42. The molecule has 0 fully saturated rings. The number of rotatable bonds is 6. The van der Waals surface area contributed by atoms with Crippen molar-refractivity contribution in [2.45, 2.75) is 31.8 Å². The summed E-state index contributed by atoms with van der Waals surface area (Å²) in [5, 5.41) is 5.84. The second kappa shape index (κ2) is 8.82. The van der Waals surface area contributed by atoms with Crippen molar-refractivity contribution >= 4 is 23.5 Å². The summed E-state index contributed by atoms with van der Waals surface area (Å²) in [7, 11) is 0. The zero-order chi connectivity index (χ0) is 19.2. The van der Waals surface area contributed by atoms with Gasteiger partial charge in [0.25, 0.3) is 0 Å². The van der Waals surface area contributed by atoms with Crippen LogP contribution < -0.4 is 10.6 Å². The summed E-state index contributed by atoms with van der Waals surface area (Å²) < 4.78 is 2.18. The Kier molecular flexibility index (Phi) is 6.24. The summed E-state index contributed by atoms with van der Waals surface area (Å²) in [6.45, 7) is 5.52. The number of hydrogen-bond acceptors (Lipinski definition) is 2. The Morgan fingerprint density at radius 2 is 1.93 bits per heavy atom. The predicted octanol–water partition coefficient (Wildman–Crippen LogP) is 5.20. The minimum Gasteiger partial charge on any atom is -0.345 e. The van der Waals surface area contributed by atoms with Crippen LogP contribution in [0.2, 0.25) is 0 Å². The van der Waals surface area contributed by atoms with Gasteiger partial charge in [-0.2, -0.15) is 0 Å². The highest BCUT2D eigenvalue weighted by molar-refractivity contribution is 7.98. The van der Waals surface area contributed by atoms with Gasteiger partial charge < -0.3 is 15.2 Å². The van der Waals surface area contributed by atoms with Gasteiger partial charge in [-0.25, -0.2) is 4.79 Å². The quantitative estimate of drug-likeness (QED) is 0.579. The molecular weight excluding hydrogens is 354 g/mol. The van der Waals surface area contributed by atoms with Gasteiger partial charge >= 0.3 is 6.03 Å². The number of amides is 2. The predicted molar refractivity (Wildman–Crippen MR) is 114 cm³/mol. The third kappa shape index (κ3) is 5.17. The van der Waals surface area contributed by atoms with Crippen LogP contribution in [-0.2, 0) is 13.1 Å². The van der Waals surface area contributed by atoms with Gasteiger partial charge in [0.15, 0.2) is 0 Å². The minimum atomic E-state index is -0.201. The number of aryl methyl sites for hydroxylation is 2. The molecule has 3 aromatic rings. The zero-order valence-corrected chi connectivity index (χ0v) is 16.8. The van der Waals surface area contributed by atoms with Gasteiger partial charge in [-0.05, 0) is 61.6 Å². The molecular formula is C22H25N3OS. The number of hydrogen-bond donors (Lipinski definition) is 2. The number of carbonyl (C=O) groups excluding carboxylic acids is 1. The molecule has 0 radical (unpaired) electrons. The van der Waals surface area contributed by atoms with Crippen molar-refractivity contribution in [1.82, 2.24) is 9.88 Å². The first-order valence-electron chi connectivity index (χ1n) is 8.94. The van der Waals surface area contributed by atoms with E-state index >= 15 is 0 Å². The van der Waals surface area contributed by atoms with Crippen molar-refractivity contribution in [3.63, 3.8) is 0 Å². The van der Waals surface area contributed by atoms with Gasteiger partial charge in [-0.3, -0.25) is 0 Å². The molecule has 0 unspecified atom stereocenters. The van der Waals surface area contributed by atoms with Crippen LogP contribution in [0.3, 0.4) is 0 Å². The minimum absolute atomic E-state index is 0.201. The van der Waals surface area contributed by atoms with E-state index in [9.17, 15) is 4.79 Å². The summed E-state index contributed by atoms with van der Waals surface area (Å²) in [6.07, 6.45) is 4.07. The van der Waals surface area contributed by atoms with Crippen molar-refractivity contribution in [3.8, 4) is 0 Å². The molecule has 0 bridgehead atoms. The fraction of sp³-hybridized carbons (Fsp3) is 0.227. The summed E-state index contributed by atoms with van der Waals surface area (Å²) in [6, 6.07) is 18.2. The molecule has 1 aromatic heterocycles. The second-order valence-electron chi connectivity index (χ2n) is 6.60. The highest BCUT2D eigenvalue weighted by Gasteiger charge is 2.07. The molecule has 0 saturated carbocycles. The number of carbonyl (C=O) groups is 1. The number of benzene rings is 2. The number of nitrogens with zero attached hydrogens (tertiary/aromatic N) is 1. The van der Waals surface area contributed by atoms with E-state index < -0.39 is 0 Å². The Hall–Kier alpha value is -2.66. The van der Waals surface area contributed by atoms with Gasteiger partial charge in [-0.15, -0.1) is 11.8 Å². The van der Waals surface area contributed by atoms with Crippen LogP contribution in [0, 0.1) is 13.8 Å². The monoisotopic (exact) mass is 379 g/mol. The van der Waals surface area contributed by atoms with Crippen LogP contribution in [-0.4, -0.2) is 16.9 Å². The lowest BCUT2D eigenvalue weighted by Crippen LogP contribution is -2.29. The Morgan fingerprint density at radius 1 is 1.07 bits per heavy atom. The van der Waals surface area contributed by atoms with Crippen molar-refractivity contribution in [2.24, 2.45) is 0 Å². The number of nitrogens with one attached hydrogen (secondary N) is 2. The molecule has 4 nitrogen and oxygen atoms in total. The van der Waals surface area contributed by atoms with E-state index in [1.54, 1.807) is 11.8 Å². The van der Waals surface area contributed by atoms with E-state index in [1.807, 2.05) is 42.7 Å². The normalized spacial score (nSPS) is 10.6. The lowest BCUT2D eigenvalue weighted by molar-refractivity contribution is 0.251. The van der Waals surface area contributed by atoms with Gasteiger partial charge in [0.2, 0.25) is 0 Å². The summed E-state index contributed by atoms with van der Waals surface area (Å²) in [5.74, 6) is 0. The Morgan fingerprint density at radius 3 is 2.74 bits per heavy atom. The van der Waals surface area contributed by atoms with Gasteiger partial charge in [-0.1, -0.05) is 29.8 Å². The molecule has 0 aliphatic rings. The highest BCUT2D eigenvalue weighted by Crippen LogP contribution is 2.19. The maximum Gasteiger partial charge on any atom is 0.319 e. The topological polar surface area (TPSA) is 46.1 Å². The number of thioether (sulfide) groups is 1. The van der Waals surface area contributed by atoms with Crippen LogP contribution in [0.1, 0.15) is 22.4 Å². The number of aromatic nitrogens is 1. The maximum absolute atomic E-state index is 12.2. The van der Waals surface area contributed by atoms with Crippen molar-refractivity contribution in [1.29, 1.82) is 0 Å². The summed E-state index contributed by atoms with van der Waals surface area (Å²) >= 11 is 1.65. The van der Waals surface area contributed by atoms with E-state index in [0.717, 1.165) is 22.8 Å². The van der Waals surface area contributed by atoms with Crippen molar-refractivity contribution in [2.75, 3.05) is 11.6 Å². The van der Waals surface area contributed by atoms with Gasteiger partial charge in [0.05, 0.1) is 6.54 Å². The third-order valence-corrected chi connectivity index (χ3v) is 5.25. The van der Waals surface area contributed by atoms with E-state index in [0.29, 0.717) is 6.54 Å². The van der Waals surface area contributed by atoms with Crippen molar-refractivity contribution in [3.05, 3.63) is 83.2 Å². The largest absolute Gasteiger partial charge is 0.345 e. The molecule has 0 saturated heterocycles. The number of anilines is 1. The lowest BCUT2D eigenvalue weighted by atomic mass is 10.1. The number of urea groups is 1.